The summed E-state index contributed by atoms with van der Waals surface area (Å²) in [4.78, 5) is 1.75. The summed E-state index contributed by atoms with van der Waals surface area (Å²) in [6, 6.07) is 0.568. The van der Waals surface area contributed by atoms with Crippen molar-refractivity contribution >= 4 is 0 Å². The van der Waals surface area contributed by atoms with Gasteiger partial charge in [-0.2, -0.15) is 0 Å². The minimum absolute atomic E-state index is 0.418. The van der Waals surface area contributed by atoms with Crippen molar-refractivity contribution in [2.24, 2.45) is 23.2 Å². The van der Waals surface area contributed by atoms with Crippen molar-refractivity contribution in [1.29, 1.82) is 0 Å². The van der Waals surface area contributed by atoms with Gasteiger partial charge in [-0.05, 0) is 56.3 Å². The molecule has 4 saturated carbocycles. The van der Waals surface area contributed by atoms with Crippen LogP contribution >= 0.6 is 0 Å². The van der Waals surface area contributed by atoms with Gasteiger partial charge in [0.05, 0.1) is 19.7 Å². The van der Waals surface area contributed by atoms with Gasteiger partial charge in [0.2, 0.25) is 0 Å². The van der Waals surface area contributed by atoms with Crippen molar-refractivity contribution in [3.63, 3.8) is 0 Å². The van der Waals surface area contributed by atoms with Gasteiger partial charge in [-0.1, -0.05) is 0 Å². The zero-order chi connectivity index (χ0) is 12.2. The summed E-state index contributed by atoms with van der Waals surface area (Å²) in [6.07, 6.45) is 11.8. The maximum absolute atomic E-state index is 9.53. The van der Waals surface area contributed by atoms with E-state index < -0.39 is 0 Å². The molecule has 1 aliphatic heterocycles. The SMILES string of the molecule is OC[C@@H]1CCC[NH+]1CC12CC3CC(CC(C3)C1)C2. The third kappa shape index (κ3) is 1.84. The summed E-state index contributed by atoms with van der Waals surface area (Å²) < 4.78 is 0. The molecule has 0 aromatic rings. The number of hydrogen-bond donors (Lipinski definition) is 2. The largest absolute Gasteiger partial charge is 0.390 e. The molecule has 4 bridgehead atoms. The summed E-state index contributed by atoms with van der Waals surface area (Å²) in [5.74, 6) is 3.22. The number of quaternary nitrogens is 1. The van der Waals surface area contributed by atoms with Gasteiger partial charge in [0, 0.05) is 18.3 Å². The fourth-order valence-electron chi connectivity index (χ4n) is 6.43. The maximum Gasteiger partial charge on any atom is 0.111 e. The first-order chi connectivity index (χ1) is 8.76. The molecule has 5 aliphatic rings. The number of likely N-dealkylation sites (tertiary alicyclic amines) is 1. The molecule has 2 N–H and O–H groups in total. The average Bonchev–Trinajstić information content (AvgIpc) is 2.73. The van der Waals surface area contributed by atoms with Gasteiger partial charge in [0.25, 0.3) is 0 Å². The van der Waals surface area contributed by atoms with Crippen LogP contribution in [0.2, 0.25) is 0 Å². The van der Waals surface area contributed by atoms with Crippen LogP contribution in [-0.2, 0) is 0 Å². The van der Waals surface area contributed by atoms with Crippen molar-refractivity contribution in [3.8, 4) is 0 Å². The van der Waals surface area contributed by atoms with Gasteiger partial charge < -0.3 is 10.0 Å². The molecule has 0 amide bonds. The van der Waals surface area contributed by atoms with Gasteiger partial charge in [0.1, 0.15) is 6.04 Å². The van der Waals surface area contributed by atoms with E-state index in [2.05, 4.69) is 0 Å². The minimum Gasteiger partial charge on any atom is -0.390 e. The Morgan fingerprint density at radius 3 is 2.17 bits per heavy atom. The Labute approximate surface area is 111 Å². The normalized spacial score (nSPS) is 54.2. The molecule has 2 heteroatoms. The van der Waals surface area contributed by atoms with Crippen LogP contribution in [0.1, 0.15) is 51.4 Å². The molecule has 5 fully saturated rings. The Hall–Kier alpha value is -0.0800. The fourth-order valence-corrected chi connectivity index (χ4v) is 6.43. The van der Waals surface area contributed by atoms with Crippen molar-refractivity contribution in [1.82, 2.24) is 0 Å². The quantitative estimate of drug-likeness (QED) is 0.774. The molecule has 0 aromatic heterocycles. The molecule has 1 unspecified atom stereocenters. The molecule has 4 aliphatic carbocycles. The number of nitrogens with one attached hydrogen (secondary N) is 1. The van der Waals surface area contributed by atoms with E-state index in [9.17, 15) is 5.11 Å². The van der Waals surface area contributed by atoms with E-state index in [1.807, 2.05) is 0 Å². The van der Waals surface area contributed by atoms with E-state index in [0.717, 1.165) is 17.8 Å². The average molecular weight is 250 g/mol. The predicted octanol–water partition coefficient (Wildman–Crippen LogP) is 1.24. The van der Waals surface area contributed by atoms with Crippen LogP contribution < -0.4 is 4.90 Å². The second kappa shape index (κ2) is 4.21. The first-order valence-corrected chi connectivity index (χ1v) is 8.22. The van der Waals surface area contributed by atoms with E-state index in [4.69, 9.17) is 0 Å². The highest BCUT2D eigenvalue weighted by molar-refractivity contribution is 5.01. The van der Waals surface area contributed by atoms with Gasteiger partial charge >= 0.3 is 0 Å². The highest BCUT2D eigenvalue weighted by Crippen LogP contribution is 2.59. The molecule has 2 atom stereocenters. The molecule has 102 valence electrons. The van der Waals surface area contributed by atoms with E-state index in [1.165, 1.54) is 45.2 Å². The molecule has 18 heavy (non-hydrogen) atoms. The zero-order valence-corrected chi connectivity index (χ0v) is 11.5. The molecular weight excluding hydrogens is 222 g/mol. The van der Waals surface area contributed by atoms with Crippen LogP contribution in [0.25, 0.3) is 0 Å². The lowest BCUT2D eigenvalue weighted by Gasteiger charge is -2.56. The lowest BCUT2D eigenvalue weighted by molar-refractivity contribution is -0.920. The number of hydrogen-bond acceptors (Lipinski definition) is 1. The fraction of sp³-hybridized carbons (Fsp3) is 1.00. The Balaban J connectivity index is 1.50. The third-order valence-corrected chi connectivity index (χ3v) is 6.62. The van der Waals surface area contributed by atoms with Crippen LogP contribution in [0, 0.1) is 23.2 Å². The molecule has 1 saturated heterocycles. The Morgan fingerprint density at radius 1 is 1.00 bits per heavy atom. The summed E-state index contributed by atoms with van der Waals surface area (Å²) in [7, 11) is 0. The second-order valence-corrected chi connectivity index (χ2v) is 8.02. The van der Waals surface area contributed by atoms with Crippen molar-refractivity contribution in [2.75, 3.05) is 19.7 Å². The Morgan fingerprint density at radius 2 is 1.61 bits per heavy atom. The molecular formula is C16H28NO+. The van der Waals surface area contributed by atoms with E-state index in [1.54, 1.807) is 24.2 Å². The van der Waals surface area contributed by atoms with Crippen molar-refractivity contribution in [2.45, 2.75) is 57.4 Å². The zero-order valence-electron chi connectivity index (χ0n) is 11.5. The molecule has 0 radical (unpaired) electrons. The first-order valence-electron chi connectivity index (χ1n) is 8.22. The van der Waals surface area contributed by atoms with Crippen LogP contribution in [0.15, 0.2) is 0 Å². The van der Waals surface area contributed by atoms with Crippen LogP contribution in [0.4, 0.5) is 0 Å². The van der Waals surface area contributed by atoms with E-state index in [0.29, 0.717) is 18.1 Å². The highest BCUT2D eigenvalue weighted by Gasteiger charge is 2.53. The van der Waals surface area contributed by atoms with E-state index >= 15 is 0 Å². The first kappa shape index (κ1) is 11.7. The third-order valence-electron chi connectivity index (χ3n) is 6.62. The predicted molar refractivity (Wildman–Crippen MR) is 71.4 cm³/mol. The number of rotatable bonds is 3. The number of aliphatic hydroxyl groups is 1. The molecule has 5 rings (SSSR count). The van der Waals surface area contributed by atoms with Gasteiger partial charge in [-0.25, -0.2) is 0 Å². The van der Waals surface area contributed by atoms with Crippen molar-refractivity contribution in [3.05, 3.63) is 0 Å². The summed E-state index contributed by atoms with van der Waals surface area (Å²) in [5.41, 5.74) is 0.696. The van der Waals surface area contributed by atoms with Crippen LogP contribution in [0.5, 0.6) is 0 Å². The maximum atomic E-state index is 9.53. The smallest absolute Gasteiger partial charge is 0.111 e. The summed E-state index contributed by atoms with van der Waals surface area (Å²) in [5, 5.41) is 9.53. The Kier molecular flexibility index (Phi) is 2.74. The van der Waals surface area contributed by atoms with Gasteiger partial charge in [-0.15, -0.1) is 0 Å². The molecule has 0 aromatic carbocycles. The molecule has 1 heterocycles. The lowest BCUT2D eigenvalue weighted by atomic mass is 9.49. The standard InChI is InChI=1S/C16H27NO/c18-10-15-2-1-3-17(15)11-16-7-12-4-13(8-16)6-14(5-12)9-16/h12-15,18H,1-11H2/p+1/t12?,13?,14?,15-,16?/m0/s1. The van der Waals surface area contributed by atoms with E-state index in [-0.39, 0.29) is 0 Å². The monoisotopic (exact) mass is 250 g/mol. The molecule has 0 spiro atoms. The second-order valence-electron chi connectivity index (χ2n) is 8.02. The topological polar surface area (TPSA) is 24.7 Å². The highest BCUT2D eigenvalue weighted by atomic mass is 16.3. The minimum atomic E-state index is 0.418. The lowest BCUT2D eigenvalue weighted by Crippen LogP contribution is -3.15. The van der Waals surface area contributed by atoms with Gasteiger partial charge in [-0.3, -0.25) is 0 Å². The van der Waals surface area contributed by atoms with Crippen LogP contribution in [0.3, 0.4) is 0 Å². The van der Waals surface area contributed by atoms with Crippen LogP contribution in [-0.4, -0.2) is 30.8 Å². The van der Waals surface area contributed by atoms with Crippen molar-refractivity contribution < 1.29 is 10.0 Å². The van der Waals surface area contributed by atoms with Gasteiger partial charge in [0.15, 0.2) is 0 Å². The molecule has 2 nitrogen and oxygen atoms in total. The summed E-state index contributed by atoms with van der Waals surface area (Å²) in [6.45, 7) is 3.14. The number of aliphatic hydroxyl groups excluding tert-OH is 1. The Bertz CT molecular complexity index is 292. The summed E-state index contributed by atoms with van der Waals surface area (Å²) >= 11 is 0.